The first-order valence-electron chi connectivity index (χ1n) is 7.24. The molecule has 0 saturated heterocycles. The summed E-state index contributed by atoms with van der Waals surface area (Å²) in [6.45, 7) is 3.82. The third kappa shape index (κ3) is 3.50. The molecule has 0 atom stereocenters. The van der Waals surface area contributed by atoms with E-state index in [1.165, 1.54) is 18.4 Å². The number of hydrogen-bond donors (Lipinski definition) is 1. The fourth-order valence-electron chi connectivity index (χ4n) is 2.07. The summed E-state index contributed by atoms with van der Waals surface area (Å²) in [5.41, 5.74) is 2.76. The Morgan fingerprint density at radius 2 is 2.00 bits per heavy atom. The number of aromatic nitrogens is 3. The van der Waals surface area contributed by atoms with Crippen LogP contribution in [0.1, 0.15) is 11.3 Å². The summed E-state index contributed by atoms with van der Waals surface area (Å²) < 4.78 is 10.1. The number of benzene rings is 1. The molecule has 24 heavy (non-hydrogen) atoms. The van der Waals surface area contributed by atoms with E-state index in [9.17, 15) is 4.79 Å². The first-order chi connectivity index (χ1) is 11.6. The van der Waals surface area contributed by atoms with Crippen LogP contribution in [0.15, 0.2) is 28.8 Å². The van der Waals surface area contributed by atoms with Crippen molar-refractivity contribution in [1.82, 2.24) is 15.1 Å². The highest BCUT2D eigenvalue weighted by Crippen LogP contribution is 2.32. The van der Waals surface area contributed by atoms with Crippen molar-refractivity contribution in [2.45, 2.75) is 13.8 Å². The molecule has 0 bridgehead atoms. The summed E-state index contributed by atoms with van der Waals surface area (Å²) in [6.07, 6.45) is 0. The van der Waals surface area contributed by atoms with Crippen molar-refractivity contribution in [3.05, 3.63) is 35.5 Å². The summed E-state index contributed by atoms with van der Waals surface area (Å²) in [5.74, 6) is 0.638. The molecule has 0 saturated carbocycles. The molecule has 2 aromatic heterocycles. The molecule has 0 aliphatic heterocycles. The third-order valence-electron chi connectivity index (χ3n) is 3.25. The van der Waals surface area contributed by atoms with E-state index < -0.39 is 0 Å². The van der Waals surface area contributed by atoms with Gasteiger partial charge in [0.2, 0.25) is 5.82 Å². The zero-order chi connectivity index (χ0) is 17.1. The minimum absolute atomic E-state index is 0.0217. The van der Waals surface area contributed by atoms with Crippen LogP contribution < -0.4 is 5.32 Å². The summed E-state index contributed by atoms with van der Waals surface area (Å²) in [7, 11) is 1.46. The van der Waals surface area contributed by atoms with Crippen LogP contribution in [-0.4, -0.2) is 34.7 Å². The number of aryl methyl sites for hydroxylation is 2. The maximum atomic E-state index is 11.6. The molecular weight excluding hydrogens is 328 g/mol. The lowest BCUT2D eigenvalue weighted by Crippen LogP contribution is -2.16. The maximum absolute atomic E-state index is 11.6. The van der Waals surface area contributed by atoms with Gasteiger partial charge in [-0.3, -0.25) is 10.1 Å². The Bertz CT molecular complexity index is 855. The van der Waals surface area contributed by atoms with E-state index in [1.54, 1.807) is 0 Å². The summed E-state index contributed by atoms with van der Waals surface area (Å²) in [5, 5.41) is 7.16. The van der Waals surface area contributed by atoms with Gasteiger partial charge in [0.05, 0.1) is 5.69 Å². The molecule has 0 spiro atoms. The van der Waals surface area contributed by atoms with E-state index >= 15 is 0 Å². The van der Waals surface area contributed by atoms with Crippen molar-refractivity contribution in [1.29, 1.82) is 0 Å². The molecule has 1 N–H and O–H groups in total. The van der Waals surface area contributed by atoms with Crippen molar-refractivity contribution < 1.29 is 14.1 Å². The Kier molecular flexibility index (Phi) is 4.68. The van der Waals surface area contributed by atoms with Crippen molar-refractivity contribution in [3.8, 4) is 22.2 Å². The van der Waals surface area contributed by atoms with Crippen molar-refractivity contribution in [2.75, 3.05) is 19.0 Å². The van der Waals surface area contributed by atoms with Crippen molar-refractivity contribution in [2.24, 2.45) is 0 Å². The van der Waals surface area contributed by atoms with Crippen LogP contribution >= 0.6 is 11.3 Å². The van der Waals surface area contributed by atoms with E-state index in [1.807, 2.05) is 38.1 Å². The maximum Gasteiger partial charge on any atom is 0.270 e. The fourth-order valence-corrected chi connectivity index (χ4v) is 2.97. The number of hydrogen-bond acceptors (Lipinski definition) is 7. The van der Waals surface area contributed by atoms with Crippen LogP contribution in [0.25, 0.3) is 22.2 Å². The number of nitrogens with zero attached hydrogens (tertiary/aromatic N) is 3. The Hall–Kier alpha value is -2.58. The predicted octanol–water partition coefficient (Wildman–Crippen LogP) is 3.06. The van der Waals surface area contributed by atoms with Gasteiger partial charge in [-0.25, -0.2) is 4.98 Å². The van der Waals surface area contributed by atoms with Gasteiger partial charge in [-0.1, -0.05) is 46.3 Å². The number of amides is 1. The predicted molar refractivity (Wildman–Crippen MR) is 90.8 cm³/mol. The topological polar surface area (TPSA) is 90.1 Å². The van der Waals surface area contributed by atoms with E-state index in [-0.39, 0.29) is 12.5 Å². The molecule has 0 unspecified atom stereocenters. The molecule has 124 valence electrons. The van der Waals surface area contributed by atoms with Gasteiger partial charge in [0.25, 0.3) is 11.8 Å². The lowest BCUT2D eigenvalue weighted by molar-refractivity contribution is -0.119. The molecule has 7 nitrogen and oxygen atoms in total. The average Bonchev–Trinajstić information content (AvgIpc) is 3.15. The average molecular weight is 344 g/mol. The number of carbonyl (C=O) groups is 1. The van der Waals surface area contributed by atoms with Gasteiger partial charge in [0, 0.05) is 12.7 Å². The normalized spacial score (nSPS) is 10.8. The van der Waals surface area contributed by atoms with Gasteiger partial charge in [-0.15, -0.1) is 0 Å². The van der Waals surface area contributed by atoms with E-state index in [0.717, 1.165) is 16.0 Å². The quantitative estimate of drug-likeness (QED) is 0.765. The minimum Gasteiger partial charge on any atom is -0.375 e. The van der Waals surface area contributed by atoms with Crippen LogP contribution in [0.2, 0.25) is 0 Å². The van der Waals surface area contributed by atoms with Crippen LogP contribution in [0.4, 0.5) is 5.13 Å². The Balaban J connectivity index is 1.83. The SMILES string of the molecule is COCC(=O)Nc1nc(C)c(-c2nc(-c3ccc(C)cc3)no2)s1. The smallest absolute Gasteiger partial charge is 0.270 e. The van der Waals surface area contributed by atoms with Crippen LogP contribution in [-0.2, 0) is 9.53 Å². The standard InChI is InChI=1S/C16H16N4O3S/c1-9-4-6-11(7-5-9)14-19-15(23-20-14)13-10(2)17-16(24-13)18-12(21)8-22-3/h4-7H,8H2,1-3H3,(H,17,18,21). The number of anilines is 1. The Labute approximate surface area is 142 Å². The Morgan fingerprint density at radius 1 is 1.25 bits per heavy atom. The van der Waals surface area contributed by atoms with Gasteiger partial charge in [0.1, 0.15) is 11.5 Å². The molecule has 0 radical (unpaired) electrons. The lowest BCUT2D eigenvalue weighted by atomic mass is 10.1. The second-order valence-electron chi connectivity index (χ2n) is 5.20. The number of ether oxygens (including phenoxy) is 1. The molecule has 2 heterocycles. The van der Waals surface area contributed by atoms with Gasteiger partial charge in [0.15, 0.2) is 5.13 Å². The fraction of sp³-hybridized carbons (Fsp3) is 0.250. The second kappa shape index (κ2) is 6.90. The zero-order valence-electron chi connectivity index (χ0n) is 13.5. The van der Waals surface area contributed by atoms with E-state index in [0.29, 0.717) is 22.5 Å². The highest BCUT2D eigenvalue weighted by atomic mass is 32.1. The molecule has 0 aliphatic carbocycles. The molecule has 0 fully saturated rings. The highest BCUT2D eigenvalue weighted by Gasteiger charge is 2.18. The number of rotatable bonds is 5. The largest absolute Gasteiger partial charge is 0.375 e. The van der Waals surface area contributed by atoms with Crippen molar-refractivity contribution in [3.63, 3.8) is 0 Å². The lowest BCUT2D eigenvalue weighted by Gasteiger charge is -1.98. The first kappa shape index (κ1) is 16.3. The van der Waals surface area contributed by atoms with E-state index in [4.69, 9.17) is 9.26 Å². The van der Waals surface area contributed by atoms with Gasteiger partial charge >= 0.3 is 0 Å². The molecule has 0 aliphatic rings. The molecule has 3 rings (SSSR count). The summed E-state index contributed by atoms with van der Waals surface area (Å²) >= 11 is 1.28. The van der Waals surface area contributed by atoms with E-state index in [2.05, 4.69) is 20.4 Å². The van der Waals surface area contributed by atoms with Crippen LogP contribution in [0.5, 0.6) is 0 Å². The first-order valence-corrected chi connectivity index (χ1v) is 8.06. The van der Waals surface area contributed by atoms with Gasteiger partial charge in [-0.05, 0) is 13.8 Å². The number of nitrogens with one attached hydrogen (secondary N) is 1. The number of methoxy groups -OCH3 is 1. The molecule has 1 amide bonds. The minimum atomic E-state index is -0.260. The van der Waals surface area contributed by atoms with Crippen molar-refractivity contribution >= 4 is 22.4 Å². The monoisotopic (exact) mass is 344 g/mol. The van der Waals surface area contributed by atoms with Gasteiger partial charge < -0.3 is 9.26 Å². The molecule has 1 aromatic carbocycles. The molecule has 3 aromatic rings. The number of carbonyl (C=O) groups excluding carboxylic acids is 1. The highest BCUT2D eigenvalue weighted by molar-refractivity contribution is 7.19. The van der Waals surface area contributed by atoms with Crippen LogP contribution in [0.3, 0.4) is 0 Å². The molecule has 8 heteroatoms. The summed E-state index contributed by atoms with van der Waals surface area (Å²) in [6, 6.07) is 7.87. The van der Waals surface area contributed by atoms with Crippen LogP contribution in [0, 0.1) is 13.8 Å². The second-order valence-corrected chi connectivity index (χ2v) is 6.20. The molecular formula is C16H16N4O3S. The zero-order valence-corrected chi connectivity index (χ0v) is 14.3. The van der Waals surface area contributed by atoms with Gasteiger partial charge in [-0.2, -0.15) is 4.98 Å². The Morgan fingerprint density at radius 3 is 2.71 bits per heavy atom. The summed E-state index contributed by atoms with van der Waals surface area (Å²) in [4.78, 5) is 21.0. The number of thiazole rings is 1. The third-order valence-corrected chi connectivity index (χ3v) is 4.31.